The van der Waals surface area contributed by atoms with Crippen molar-refractivity contribution >= 4 is 5.91 Å². The van der Waals surface area contributed by atoms with Crippen LogP contribution in [0, 0.1) is 5.92 Å². The number of piperidine rings is 1. The minimum absolute atomic E-state index is 0.00200. The number of nitrogens with one attached hydrogen (secondary N) is 2. The fourth-order valence-electron chi connectivity index (χ4n) is 1.66. The summed E-state index contributed by atoms with van der Waals surface area (Å²) in [7, 11) is 3.30. The third-order valence-electron chi connectivity index (χ3n) is 2.53. The highest BCUT2D eigenvalue weighted by molar-refractivity contribution is 5.81. The van der Waals surface area contributed by atoms with Gasteiger partial charge in [-0.3, -0.25) is 10.2 Å². The molecular formula is C9H16F3N3O. The first kappa shape index (κ1) is 13.2. The van der Waals surface area contributed by atoms with Crippen LogP contribution in [0.3, 0.4) is 0 Å². The molecule has 0 bridgehead atoms. The van der Waals surface area contributed by atoms with Crippen LogP contribution in [0.2, 0.25) is 0 Å². The van der Waals surface area contributed by atoms with Crippen molar-refractivity contribution in [2.45, 2.75) is 25.1 Å². The summed E-state index contributed by atoms with van der Waals surface area (Å²) in [6, 6.07) is -0.527. The molecule has 0 spiro atoms. The lowest BCUT2D eigenvalue weighted by molar-refractivity contribution is -0.180. The number of hydrogen-bond acceptors (Lipinski definition) is 3. The van der Waals surface area contributed by atoms with Gasteiger partial charge in [0, 0.05) is 20.6 Å². The Morgan fingerprint density at radius 1 is 1.38 bits per heavy atom. The summed E-state index contributed by atoms with van der Waals surface area (Å²) in [6.07, 6.45) is -3.96. The van der Waals surface area contributed by atoms with E-state index in [2.05, 4.69) is 10.7 Å². The summed E-state index contributed by atoms with van der Waals surface area (Å²) in [5.41, 5.74) is 2.52. The minimum atomic E-state index is -4.17. The van der Waals surface area contributed by atoms with Crippen molar-refractivity contribution in [3.8, 4) is 0 Å². The number of carbonyl (C=O) groups excluding carboxylic acids is 1. The van der Waals surface area contributed by atoms with Gasteiger partial charge < -0.3 is 5.32 Å². The van der Waals surface area contributed by atoms with E-state index < -0.39 is 18.1 Å². The molecule has 1 aliphatic heterocycles. The lowest BCUT2D eigenvalue weighted by atomic mass is 9.94. The van der Waals surface area contributed by atoms with Crippen LogP contribution >= 0.6 is 0 Å². The molecule has 94 valence electrons. The van der Waals surface area contributed by atoms with E-state index in [4.69, 9.17) is 0 Å². The molecule has 4 nitrogen and oxygen atoms in total. The molecular weight excluding hydrogens is 223 g/mol. The predicted molar refractivity (Wildman–Crippen MR) is 52.4 cm³/mol. The number of nitrogens with zero attached hydrogens (tertiary/aromatic N) is 1. The molecule has 1 saturated heterocycles. The van der Waals surface area contributed by atoms with Gasteiger partial charge in [0.05, 0.1) is 12.0 Å². The second-order valence-electron chi connectivity index (χ2n) is 4.15. The Kier molecular flexibility index (Phi) is 4.15. The van der Waals surface area contributed by atoms with Crippen LogP contribution in [0.25, 0.3) is 0 Å². The van der Waals surface area contributed by atoms with Crippen molar-refractivity contribution in [2.24, 2.45) is 5.92 Å². The smallest absolute Gasteiger partial charge is 0.305 e. The highest BCUT2D eigenvalue weighted by atomic mass is 19.4. The zero-order valence-electron chi connectivity index (χ0n) is 9.27. The van der Waals surface area contributed by atoms with E-state index >= 15 is 0 Å². The number of amides is 1. The average molecular weight is 239 g/mol. The number of rotatable bonds is 2. The molecule has 2 atom stereocenters. The van der Waals surface area contributed by atoms with Gasteiger partial charge in [-0.25, -0.2) is 5.01 Å². The summed E-state index contributed by atoms with van der Waals surface area (Å²) < 4.78 is 37.0. The standard InChI is InChI=1S/C9H16F3N3O/c1-15(2)14-8(16)7-4-3-6(5-13-7)9(10,11)12/h6-7,13H,3-5H2,1-2H3,(H,14,16). The summed E-state index contributed by atoms with van der Waals surface area (Å²) in [5.74, 6) is -1.62. The van der Waals surface area contributed by atoms with Gasteiger partial charge in [-0.2, -0.15) is 13.2 Å². The van der Waals surface area contributed by atoms with Crippen molar-refractivity contribution < 1.29 is 18.0 Å². The zero-order chi connectivity index (χ0) is 12.3. The summed E-state index contributed by atoms with van der Waals surface area (Å²) in [4.78, 5) is 11.5. The van der Waals surface area contributed by atoms with E-state index in [0.717, 1.165) is 0 Å². The molecule has 1 aliphatic rings. The van der Waals surface area contributed by atoms with Crippen molar-refractivity contribution in [1.29, 1.82) is 0 Å². The zero-order valence-corrected chi connectivity index (χ0v) is 9.27. The van der Waals surface area contributed by atoms with Crippen LogP contribution in [0.1, 0.15) is 12.8 Å². The number of alkyl halides is 3. The highest BCUT2D eigenvalue weighted by Crippen LogP contribution is 2.31. The van der Waals surface area contributed by atoms with Gasteiger partial charge in [0.15, 0.2) is 0 Å². The van der Waals surface area contributed by atoms with E-state index in [-0.39, 0.29) is 25.3 Å². The Bertz CT molecular complexity index is 247. The molecule has 0 aromatic rings. The van der Waals surface area contributed by atoms with Crippen LogP contribution in [-0.2, 0) is 4.79 Å². The maximum atomic E-state index is 12.3. The number of halogens is 3. The molecule has 16 heavy (non-hydrogen) atoms. The van der Waals surface area contributed by atoms with Gasteiger partial charge in [0.25, 0.3) is 5.91 Å². The summed E-state index contributed by atoms with van der Waals surface area (Å²) >= 11 is 0. The molecule has 7 heteroatoms. The largest absolute Gasteiger partial charge is 0.393 e. The normalized spacial score (nSPS) is 26.9. The molecule has 1 heterocycles. The third-order valence-corrected chi connectivity index (χ3v) is 2.53. The van der Waals surface area contributed by atoms with Crippen molar-refractivity contribution in [3.05, 3.63) is 0 Å². The van der Waals surface area contributed by atoms with Gasteiger partial charge in [0.1, 0.15) is 0 Å². The van der Waals surface area contributed by atoms with E-state index in [1.807, 2.05) is 0 Å². The Labute approximate surface area is 92.1 Å². The topological polar surface area (TPSA) is 44.4 Å². The van der Waals surface area contributed by atoms with Crippen molar-refractivity contribution in [3.63, 3.8) is 0 Å². The first-order chi connectivity index (χ1) is 7.30. The predicted octanol–water partition coefficient (Wildman–Crippen LogP) is 0.510. The molecule has 1 rings (SSSR count). The Morgan fingerprint density at radius 3 is 2.38 bits per heavy atom. The number of carbonyl (C=O) groups is 1. The number of hydrazine groups is 1. The van der Waals surface area contributed by atoms with Crippen LogP contribution in [0.4, 0.5) is 13.2 Å². The van der Waals surface area contributed by atoms with Crippen LogP contribution < -0.4 is 10.7 Å². The molecule has 0 aromatic carbocycles. The van der Waals surface area contributed by atoms with Gasteiger partial charge in [-0.1, -0.05) is 0 Å². The van der Waals surface area contributed by atoms with Gasteiger partial charge in [0.2, 0.25) is 0 Å². The fourth-order valence-corrected chi connectivity index (χ4v) is 1.66. The molecule has 2 N–H and O–H groups in total. The maximum absolute atomic E-state index is 12.3. The quantitative estimate of drug-likeness (QED) is 0.690. The first-order valence-electron chi connectivity index (χ1n) is 5.08. The van der Waals surface area contributed by atoms with Gasteiger partial charge in [-0.05, 0) is 12.8 Å². The number of hydrogen-bond donors (Lipinski definition) is 2. The lowest BCUT2D eigenvalue weighted by Crippen LogP contribution is -2.53. The van der Waals surface area contributed by atoms with E-state index in [0.29, 0.717) is 0 Å². The van der Waals surface area contributed by atoms with Gasteiger partial charge >= 0.3 is 6.18 Å². The van der Waals surface area contributed by atoms with E-state index in [9.17, 15) is 18.0 Å². The Balaban J connectivity index is 2.40. The molecule has 0 radical (unpaired) electrons. The van der Waals surface area contributed by atoms with E-state index in [1.165, 1.54) is 5.01 Å². The average Bonchev–Trinajstić information content (AvgIpc) is 2.15. The minimum Gasteiger partial charge on any atom is -0.305 e. The van der Waals surface area contributed by atoms with Crippen molar-refractivity contribution in [2.75, 3.05) is 20.6 Å². The molecule has 0 saturated carbocycles. The Hall–Kier alpha value is -0.820. The first-order valence-corrected chi connectivity index (χ1v) is 5.08. The SMILES string of the molecule is CN(C)NC(=O)C1CCC(C(F)(F)F)CN1. The second kappa shape index (κ2) is 5.01. The monoisotopic (exact) mass is 239 g/mol. The summed E-state index contributed by atoms with van der Waals surface area (Å²) in [5, 5.41) is 4.09. The molecule has 0 aromatic heterocycles. The molecule has 2 unspecified atom stereocenters. The second-order valence-corrected chi connectivity index (χ2v) is 4.15. The van der Waals surface area contributed by atoms with E-state index in [1.54, 1.807) is 14.1 Å². The van der Waals surface area contributed by atoms with Crippen LogP contribution in [0.5, 0.6) is 0 Å². The molecule has 1 fully saturated rings. The Morgan fingerprint density at radius 2 is 2.00 bits per heavy atom. The van der Waals surface area contributed by atoms with Crippen molar-refractivity contribution in [1.82, 2.24) is 15.8 Å². The third kappa shape index (κ3) is 3.64. The van der Waals surface area contributed by atoms with Crippen LogP contribution in [0.15, 0.2) is 0 Å². The lowest BCUT2D eigenvalue weighted by Gasteiger charge is -2.30. The fraction of sp³-hybridized carbons (Fsp3) is 0.889. The summed E-state index contributed by atoms with van der Waals surface area (Å²) in [6.45, 7) is -0.186. The molecule has 1 amide bonds. The molecule has 0 aliphatic carbocycles. The van der Waals surface area contributed by atoms with Gasteiger partial charge in [-0.15, -0.1) is 0 Å². The van der Waals surface area contributed by atoms with Crippen LogP contribution in [-0.4, -0.2) is 43.8 Å². The maximum Gasteiger partial charge on any atom is 0.393 e. The highest BCUT2D eigenvalue weighted by Gasteiger charge is 2.42.